The molecule has 0 spiro atoms. The minimum atomic E-state index is 0.143. The number of hydrogen-bond acceptors (Lipinski definition) is 3. The first-order valence-electron chi connectivity index (χ1n) is 6.33. The van der Waals surface area contributed by atoms with E-state index in [-0.39, 0.29) is 11.9 Å². The maximum atomic E-state index is 11.9. The van der Waals surface area contributed by atoms with Crippen LogP contribution in [-0.4, -0.2) is 45.0 Å². The maximum Gasteiger partial charge on any atom is 0.228 e. The molecule has 1 aromatic rings. The van der Waals surface area contributed by atoms with E-state index < -0.39 is 0 Å². The second-order valence-electron chi connectivity index (χ2n) is 5.03. The van der Waals surface area contributed by atoms with E-state index in [2.05, 4.69) is 30.4 Å². The molecular formula is C14H21N3O. The molecule has 0 bridgehead atoms. The van der Waals surface area contributed by atoms with Crippen molar-refractivity contribution >= 4 is 11.6 Å². The highest BCUT2D eigenvalue weighted by Crippen LogP contribution is 2.33. The second-order valence-corrected chi connectivity index (χ2v) is 5.03. The second kappa shape index (κ2) is 5.50. The molecule has 0 aromatic heterocycles. The van der Waals surface area contributed by atoms with Gasteiger partial charge in [0.25, 0.3) is 0 Å². The lowest BCUT2D eigenvalue weighted by Crippen LogP contribution is -2.39. The van der Waals surface area contributed by atoms with Crippen molar-refractivity contribution in [2.75, 3.05) is 39.1 Å². The molecule has 4 nitrogen and oxygen atoms in total. The van der Waals surface area contributed by atoms with Gasteiger partial charge in [0, 0.05) is 38.3 Å². The highest BCUT2D eigenvalue weighted by molar-refractivity contribution is 5.96. The van der Waals surface area contributed by atoms with E-state index in [9.17, 15) is 4.79 Å². The lowest BCUT2D eigenvalue weighted by molar-refractivity contribution is -0.119. The fraction of sp³-hybridized carbons (Fsp3) is 0.500. The summed E-state index contributed by atoms with van der Waals surface area (Å²) in [6.45, 7) is 1.87. The van der Waals surface area contributed by atoms with Crippen molar-refractivity contribution in [3.63, 3.8) is 0 Å². The molecule has 0 saturated carbocycles. The van der Waals surface area contributed by atoms with E-state index in [0.29, 0.717) is 6.42 Å². The first kappa shape index (κ1) is 13.1. The van der Waals surface area contributed by atoms with Crippen LogP contribution in [0.1, 0.15) is 18.0 Å². The average Bonchev–Trinajstić information content (AvgIpc) is 2.35. The van der Waals surface area contributed by atoms with Crippen molar-refractivity contribution in [2.24, 2.45) is 0 Å². The number of likely N-dealkylation sites (N-methyl/N-ethyl adjacent to an activating group) is 1. The number of fused-ring (bicyclic) bond motifs is 1. The van der Waals surface area contributed by atoms with Crippen molar-refractivity contribution in [1.82, 2.24) is 10.2 Å². The number of rotatable bonds is 4. The number of para-hydroxylation sites is 1. The summed E-state index contributed by atoms with van der Waals surface area (Å²) < 4.78 is 0. The third-order valence-corrected chi connectivity index (χ3v) is 3.38. The lowest BCUT2D eigenvalue weighted by Gasteiger charge is -2.32. The maximum absolute atomic E-state index is 11.9. The summed E-state index contributed by atoms with van der Waals surface area (Å²) in [6.07, 6.45) is 0.543. The predicted octanol–water partition coefficient (Wildman–Crippen LogP) is 1.25. The molecule has 1 N–H and O–H groups in total. The number of anilines is 1. The van der Waals surface area contributed by atoms with E-state index >= 15 is 0 Å². The number of hydrogen-bond donors (Lipinski definition) is 1. The molecule has 1 aliphatic rings. The Morgan fingerprint density at radius 1 is 1.39 bits per heavy atom. The summed E-state index contributed by atoms with van der Waals surface area (Å²) in [4.78, 5) is 15.8. The minimum absolute atomic E-state index is 0.143. The summed E-state index contributed by atoms with van der Waals surface area (Å²) in [5, 5.41) is 3.47. The van der Waals surface area contributed by atoms with E-state index in [1.807, 2.05) is 25.2 Å². The minimum Gasteiger partial charge on any atom is -0.315 e. The Morgan fingerprint density at radius 3 is 2.83 bits per heavy atom. The van der Waals surface area contributed by atoms with Gasteiger partial charge >= 0.3 is 0 Å². The summed E-state index contributed by atoms with van der Waals surface area (Å²) in [5.74, 6) is 0.177. The van der Waals surface area contributed by atoms with Gasteiger partial charge in [-0.1, -0.05) is 18.2 Å². The normalized spacial score (nSPS) is 19.2. The van der Waals surface area contributed by atoms with Gasteiger partial charge in [0.15, 0.2) is 0 Å². The molecule has 1 aliphatic heterocycles. The van der Waals surface area contributed by atoms with Crippen molar-refractivity contribution in [3.8, 4) is 0 Å². The van der Waals surface area contributed by atoms with Gasteiger partial charge in [-0.05, 0) is 25.7 Å². The molecule has 0 radical (unpaired) electrons. The van der Waals surface area contributed by atoms with Gasteiger partial charge in [-0.15, -0.1) is 0 Å². The molecule has 98 valence electrons. The molecule has 1 atom stereocenters. The molecule has 1 heterocycles. The van der Waals surface area contributed by atoms with Gasteiger partial charge in [-0.2, -0.15) is 0 Å². The van der Waals surface area contributed by atoms with Gasteiger partial charge in [0.2, 0.25) is 5.91 Å². The first-order chi connectivity index (χ1) is 8.59. The van der Waals surface area contributed by atoms with Crippen LogP contribution in [0.25, 0.3) is 0 Å². The Balaban J connectivity index is 2.12. The number of amides is 1. The Morgan fingerprint density at radius 2 is 2.11 bits per heavy atom. The molecule has 1 unspecified atom stereocenters. The van der Waals surface area contributed by atoms with Gasteiger partial charge in [-0.3, -0.25) is 4.79 Å². The van der Waals surface area contributed by atoms with Crippen LogP contribution in [0, 0.1) is 0 Å². The molecule has 0 fully saturated rings. The smallest absolute Gasteiger partial charge is 0.228 e. The van der Waals surface area contributed by atoms with Crippen LogP contribution in [0.4, 0.5) is 5.69 Å². The van der Waals surface area contributed by atoms with Crippen molar-refractivity contribution in [1.29, 1.82) is 0 Å². The first-order valence-corrected chi connectivity index (χ1v) is 6.33. The summed E-state index contributed by atoms with van der Waals surface area (Å²) in [5.41, 5.74) is 2.24. The van der Waals surface area contributed by atoms with Crippen LogP contribution in [0.2, 0.25) is 0 Å². The number of nitrogens with zero attached hydrogens (tertiary/aromatic N) is 2. The average molecular weight is 247 g/mol. The molecular weight excluding hydrogens is 226 g/mol. The highest BCUT2D eigenvalue weighted by Gasteiger charge is 2.28. The quantitative estimate of drug-likeness (QED) is 0.869. The Labute approximate surface area is 109 Å². The fourth-order valence-electron chi connectivity index (χ4n) is 2.29. The third kappa shape index (κ3) is 2.71. The molecule has 0 aliphatic carbocycles. The van der Waals surface area contributed by atoms with E-state index in [1.165, 1.54) is 5.56 Å². The third-order valence-electron chi connectivity index (χ3n) is 3.38. The zero-order chi connectivity index (χ0) is 13.1. The van der Waals surface area contributed by atoms with Crippen molar-refractivity contribution in [2.45, 2.75) is 12.5 Å². The molecule has 1 amide bonds. The van der Waals surface area contributed by atoms with Crippen LogP contribution in [0.5, 0.6) is 0 Å². The van der Waals surface area contributed by atoms with Crippen LogP contribution < -0.4 is 10.2 Å². The number of nitrogens with one attached hydrogen (secondary N) is 1. The molecule has 0 saturated heterocycles. The van der Waals surface area contributed by atoms with Crippen LogP contribution in [0.3, 0.4) is 0 Å². The van der Waals surface area contributed by atoms with Crippen molar-refractivity contribution in [3.05, 3.63) is 29.8 Å². The number of carbonyl (C=O) groups excluding carboxylic acids is 1. The highest BCUT2D eigenvalue weighted by atomic mass is 16.2. The van der Waals surface area contributed by atoms with E-state index in [0.717, 1.165) is 18.8 Å². The topological polar surface area (TPSA) is 35.6 Å². The summed E-state index contributed by atoms with van der Waals surface area (Å²) in [7, 11) is 5.95. The van der Waals surface area contributed by atoms with Gasteiger partial charge in [-0.25, -0.2) is 0 Å². The Hall–Kier alpha value is -1.39. The number of carbonyl (C=O) groups is 1. The number of benzene rings is 1. The summed E-state index contributed by atoms with van der Waals surface area (Å²) >= 11 is 0. The van der Waals surface area contributed by atoms with Gasteiger partial charge in [0.1, 0.15) is 0 Å². The standard InChI is InChI=1S/C14H21N3O/c1-16(2)9-8-15-12-10-14(18)17(3)13-7-5-4-6-11(12)13/h4-7,12,15H,8-10H2,1-3H3. The fourth-order valence-corrected chi connectivity index (χ4v) is 2.29. The largest absolute Gasteiger partial charge is 0.315 e. The zero-order valence-electron chi connectivity index (χ0n) is 11.3. The molecule has 18 heavy (non-hydrogen) atoms. The monoisotopic (exact) mass is 247 g/mol. The van der Waals surface area contributed by atoms with Crippen LogP contribution in [0.15, 0.2) is 24.3 Å². The van der Waals surface area contributed by atoms with Gasteiger partial charge in [0.05, 0.1) is 0 Å². The van der Waals surface area contributed by atoms with Crippen LogP contribution >= 0.6 is 0 Å². The van der Waals surface area contributed by atoms with Crippen LogP contribution in [-0.2, 0) is 4.79 Å². The Bertz CT molecular complexity index is 431. The Kier molecular flexibility index (Phi) is 3.99. The lowest BCUT2D eigenvalue weighted by atomic mass is 9.96. The molecule has 4 heteroatoms. The van der Waals surface area contributed by atoms with E-state index in [1.54, 1.807) is 4.90 Å². The SMILES string of the molecule is CN(C)CCNC1CC(=O)N(C)c2ccccc21. The van der Waals surface area contributed by atoms with Gasteiger partial charge < -0.3 is 15.1 Å². The molecule has 2 rings (SSSR count). The zero-order valence-corrected chi connectivity index (χ0v) is 11.3. The molecule has 1 aromatic carbocycles. The predicted molar refractivity (Wildman–Crippen MR) is 73.8 cm³/mol. The van der Waals surface area contributed by atoms with Crippen molar-refractivity contribution < 1.29 is 4.79 Å². The summed E-state index contributed by atoms with van der Waals surface area (Å²) in [6, 6.07) is 8.26. The van der Waals surface area contributed by atoms with E-state index in [4.69, 9.17) is 0 Å².